The van der Waals surface area contributed by atoms with Gasteiger partial charge in [-0.15, -0.1) is 0 Å². The lowest BCUT2D eigenvalue weighted by atomic mass is 10.1. The number of fused-ring (bicyclic) bond motifs is 1. The molecule has 10 heteroatoms. The third-order valence-corrected chi connectivity index (χ3v) is 6.04. The standard InChI is InChI=1S/C23H24ClN3O5S/c1-23(2,29)13-31-18-7-5-15(11-19(18)30-3)27-9-8-25-21(22(27)28)33-20-12-26-16-10-14(24)4-6-17(16)32-20/h4,6-12,15,20,29H,5,13H2,1-3H3. The third-order valence-electron chi connectivity index (χ3n) is 4.85. The van der Waals surface area contributed by atoms with E-state index in [1.54, 1.807) is 55.2 Å². The second-order valence-corrected chi connectivity index (χ2v) is 9.67. The second kappa shape index (κ2) is 9.62. The normalized spacial score (nSPS) is 19.8. The maximum absolute atomic E-state index is 13.2. The molecule has 8 nitrogen and oxygen atoms in total. The van der Waals surface area contributed by atoms with Crippen LogP contribution in [0, 0.1) is 0 Å². The summed E-state index contributed by atoms with van der Waals surface area (Å²) in [4.78, 5) is 21.8. The number of rotatable bonds is 7. The molecular formula is C23H24ClN3O5S. The highest BCUT2D eigenvalue weighted by molar-refractivity contribution is 8.00. The van der Waals surface area contributed by atoms with E-state index in [1.165, 1.54) is 18.9 Å². The van der Waals surface area contributed by atoms with Crippen LogP contribution in [0.2, 0.25) is 5.02 Å². The van der Waals surface area contributed by atoms with Crippen molar-refractivity contribution in [1.29, 1.82) is 0 Å². The fourth-order valence-electron chi connectivity index (χ4n) is 3.30. The summed E-state index contributed by atoms with van der Waals surface area (Å²) < 4.78 is 18.7. The van der Waals surface area contributed by atoms with Crippen molar-refractivity contribution in [3.63, 3.8) is 0 Å². The lowest BCUT2D eigenvalue weighted by Gasteiger charge is -2.25. The number of hydrogen-bond donors (Lipinski definition) is 1. The number of benzene rings is 1. The number of aromatic nitrogens is 2. The summed E-state index contributed by atoms with van der Waals surface area (Å²) in [6.07, 6.45) is 9.06. The minimum atomic E-state index is -0.970. The third kappa shape index (κ3) is 5.61. The summed E-state index contributed by atoms with van der Waals surface area (Å²) in [6, 6.07) is 4.93. The summed E-state index contributed by atoms with van der Waals surface area (Å²) in [6.45, 7) is 3.46. The van der Waals surface area contributed by atoms with Crippen molar-refractivity contribution in [3.8, 4) is 5.75 Å². The van der Waals surface area contributed by atoms with Crippen LogP contribution >= 0.6 is 23.4 Å². The van der Waals surface area contributed by atoms with E-state index in [1.807, 2.05) is 12.2 Å². The van der Waals surface area contributed by atoms with E-state index >= 15 is 0 Å². The number of nitrogens with zero attached hydrogens (tertiary/aromatic N) is 3. The van der Waals surface area contributed by atoms with Gasteiger partial charge in [0.05, 0.1) is 25.0 Å². The van der Waals surface area contributed by atoms with Crippen molar-refractivity contribution in [2.24, 2.45) is 4.99 Å². The van der Waals surface area contributed by atoms with Crippen LogP contribution in [0.25, 0.3) is 0 Å². The minimum Gasteiger partial charge on any atom is -0.493 e. The molecule has 1 aromatic heterocycles. The molecule has 0 saturated carbocycles. The Morgan fingerprint density at radius 2 is 2.18 bits per heavy atom. The van der Waals surface area contributed by atoms with Gasteiger partial charge in [0.1, 0.15) is 18.0 Å². The van der Waals surface area contributed by atoms with E-state index in [0.717, 1.165) is 0 Å². The molecule has 0 radical (unpaired) electrons. The van der Waals surface area contributed by atoms with E-state index < -0.39 is 11.0 Å². The number of methoxy groups -OCH3 is 1. The molecule has 2 atom stereocenters. The number of aliphatic hydroxyl groups is 1. The molecule has 2 unspecified atom stereocenters. The van der Waals surface area contributed by atoms with Crippen LogP contribution in [0.4, 0.5) is 5.69 Å². The Kier molecular flexibility index (Phi) is 6.83. The first-order chi connectivity index (χ1) is 15.7. The zero-order valence-electron chi connectivity index (χ0n) is 18.4. The van der Waals surface area contributed by atoms with Gasteiger partial charge in [0.25, 0.3) is 5.56 Å². The van der Waals surface area contributed by atoms with Gasteiger partial charge in [0, 0.05) is 17.4 Å². The van der Waals surface area contributed by atoms with Gasteiger partial charge in [0.15, 0.2) is 22.0 Å². The van der Waals surface area contributed by atoms with Crippen molar-refractivity contribution in [2.45, 2.75) is 42.4 Å². The first-order valence-electron chi connectivity index (χ1n) is 10.3. The number of thioether (sulfide) groups is 1. The van der Waals surface area contributed by atoms with Gasteiger partial charge in [-0.25, -0.2) is 4.98 Å². The lowest BCUT2D eigenvalue weighted by molar-refractivity contribution is -0.0000233. The maximum Gasteiger partial charge on any atom is 0.283 e. The fraction of sp³-hybridized carbons (Fsp3) is 0.348. The molecule has 2 aliphatic rings. The van der Waals surface area contributed by atoms with Crippen LogP contribution in [-0.4, -0.2) is 45.6 Å². The lowest BCUT2D eigenvalue weighted by Crippen LogP contribution is -2.29. The van der Waals surface area contributed by atoms with Crippen molar-refractivity contribution < 1.29 is 19.3 Å². The summed E-state index contributed by atoms with van der Waals surface area (Å²) in [5, 5.41) is 10.8. The molecule has 1 aromatic carbocycles. The smallest absolute Gasteiger partial charge is 0.283 e. The summed E-state index contributed by atoms with van der Waals surface area (Å²) >= 11 is 7.18. The molecule has 0 saturated heterocycles. The molecule has 174 valence electrons. The van der Waals surface area contributed by atoms with E-state index in [0.29, 0.717) is 39.4 Å². The molecule has 0 spiro atoms. The molecule has 33 heavy (non-hydrogen) atoms. The van der Waals surface area contributed by atoms with Crippen molar-refractivity contribution in [1.82, 2.24) is 9.55 Å². The molecule has 0 fully saturated rings. The zero-order chi connectivity index (χ0) is 23.6. The first-order valence-corrected chi connectivity index (χ1v) is 11.5. The highest BCUT2D eigenvalue weighted by Gasteiger charge is 2.24. The average Bonchev–Trinajstić information content (AvgIpc) is 2.78. The predicted molar refractivity (Wildman–Crippen MR) is 127 cm³/mol. The van der Waals surface area contributed by atoms with Crippen molar-refractivity contribution in [2.75, 3.05) is 13.7 Å². The van der Waals surface area contributed by atoms with Crippen molar-refractivity contribution >= 4 is 35.3 Å². The highest BCUT2D eigenvalue weighted by Crippen LogP contribution is 2.36. The monoisotopic (exact) mass is 489 g/mol. The zero-order valence-corrected chi connectivity index (χ0v) is 20.0. The summed E-state index contributed by atoms with van der Waals surface area (Å²) in [5.41, 5.74) is -1.06. The molecular weight excluding hydrogens is 466 g/mol. The molecule has 2 heterocycles. The minimum absolute atomic E-state index is 0.123. The van der Waals surface area contributed by atoms with Crippen LogP contribution < -0.4 is 10.3 Å². The Balaban J connectivity index is 1.50. The van der Waals surface area contributed by atoms with Gasteiger partial charge < -0.3 is 23.9 Å². The van der Waals surface area contributed by atoms with Crippen molar-refractivity contribution in [3.05, 3.63) is 69.6 Å². The summed E-state index contributed by atoms with van der Waals surface area (Å²) in [5.74, 6) is 1.64. The Hall–Kier alpha value is -2.75. The topological polar surface area (TPSA) is 95.2 Å². The Morgan fingerprint density at radius 3 is 2.94 bits per heavy atom. The highest BCUT2D eigenvalue weighted by atomic mass is 35.5. The quantitative estimate of drug-likeness (QED) is 0.621. The van der Waals surface area contributed by atoms with Crippen LogP contribution in [0.3, 0.4) is 0 Å². The van der Waals surface area contributed by atoms with Crippen LogP contribution in [0.5, 0.6) is 5.75 Å². The molecule has 2 aromatic rings. The number of allylic oxidation sites excluding steroid dienone is 2. The van der Waals surface area contributed by atoms with Crippen LogP contribution in [-0.2, 0) is 9.47 Å². The van der Waals surface area contributed by atoms with Gasteiger partial charge in [-0.3, -0.25) is 9.79 Å². The largest absolute Gasteiger partial charge is 0.493 e. The van der Waals surface area contributed by atoms with Gasteiger partial charge in [-0.05, 0) is 50.6 Å². The van der Waals surface area contributed by atoms with Crippen LogP contribution in [0.15, 0.2) is 69.1 Å². The molecule has 1 aliphatic carbocycles. The number of aliphatic imine (C=N–C) groups is 1. The van der Waals surface area contributed by atoms with E-state index in [9.17, 15) is 9.90 Å². The van der Waals surface area contributed by atoms with Crippen LogP contribution in [0.1, 0.15) is 26.3 Å². The number of halogens is 1. The van der Waals surface area contributed by atoms with E-state index in [2.05, 4.69) is 9.98 Å². The molecule has 1 aliphatic heterocycles. The van der Waals surface area contributed by atoms with Gasteiger partial charge in [-0.2, -0.15) is 0 Å². The Morgan fingerprint density at radius 1 is 1.36 bits per heavy atom. The molecule has 1 N–H and O–H groups in total. The Bertz CT molecular complexity index is 1190. The molecule has 0 amide bonds. The SMILES string of the molecule is COC1=CC(n2ccnc(SC3C=Nc4cc(Cl)ccc4O3)c2=O)CC=C1OCC(C)(C)O. The predicted octanol–water partition coefficient (Wildman–Crippen LogP) is 4.26. The molecule has 0 bridgehead atoms. The first kappa shape index (κ1) is 23.4. The number of hydrogen-bond acceptors (Lipinski definition) is 8. The fourth-order valence-corrected chi connectivity index (χ4v) is 4.29. The second-order valence-electron chi connectivity index (χ2n) is 8.15. The van der Waals surface area contributed by atoms with Gasteiger partial charge >= 0.3 is 0 Å². The van der Waals surface area contributed by atoms with E-state index in [-0.39, 0.29) is 18.2 Å². The van der Waals surface area contributed by atoms with Gasteiger partial charge in [-0.1, -0.05) is 23.4 Å². The summed E-state index contributed by atoms with van der Waals surface area (Å²) in [7, 11) is 1.54. The van der Waals surface area contributed by atoms with E-state index in [4.69, 9.17) is 25.8 Å². The van der Waals surface area contributed by atoms with Gasteiger partial charge in [0.2, 0.25) is 0 Å². The number of ether oxygens (including phenoxy) is 3. The molecule has 4 rings (SSSR count). The Labute approximate surface area is 200 Å². The maximum atomic E-state index is 13.2. The average molecular weight is 490 g/mol.